The molecule has 0 N–H and O–H groups in total. The zero-order valence-corrected chi connectivity index (χ0v) is 36.8. The highest BCUT2D eigenvalue weighted by atomic mass is 16.4. The van der Waals surface area contributed by atoms with Crippen LogP contribution in [0.4, 0.5) is 28.6 Å². The quantitative estimate of drug-likeness (QED) is 0.166. The third-order valence-electron chi connectivity index (χ3n) is 13.8. The highest BCUT2D eigenvalue weighted by Crippen LogP contribution is 2.55. The Morgan fingerprint density at radius 3 is 1.67 bits per heavy atom. The number of para-hydroxylation sites is 3. The molecule has 11 aromatic rings. The Morgan fingerprint density at radius 2 is 1.00 bits per heavy atom. The maximum absolute atomic E-state index is 7.33. The van der Waals surface area contributed by atoms with Crippen molar-refractivity contribution in [2.75, 3.05) is 9.71 Å². The molecule has 0 radical (unpaired) electrons. The van der Waals surface area contributed by atoms with Gasteiger partial charge in [-0.3, -0.25) is 4.90 Å². The molecule has 6 heteroatoms. The summed E-state index contributed by atoms with van der Waals surface area (Å²) in [6.45, 7) is 13.3. The van der Waals surface area contributed by atoms with E-state index in [1.807, 2.05) is 0 Å². The molecule has 0 amide bonds. The lowest BCUT2D eigenvalue weighted by atomic mass is 9.43. The van der Waals surface area contributed by atoms with Crippen molar-refractivity contribution in [1.29, 1.82) is 0 Å². The van der Waals surface area contributed by atoms with Gasteiger partial charge in [0, 0.05) is 49.2 Å². The van der Waals surface area contributed by atoms with Crippen LogP contribution in [0.3, 0.4) is 0 Å². The van der Waals surface area contributed by atoms with E-state index in [-0.39, 0.29) is 17.7 Å². The van der Waals surface area contributed by atoms with Gasteiger partial charge >= 0.3 is 6.85 Å². The summed E-state index contributed by atoms with van der Waals surface area (Å²) in [7, 11) is 0. The van der Waals surface area contributed by atoms with Crippen molar-refractivity contribution < 1.29 is 13.3 Å². The number of fused-ring (bicyclic) bond motifs is 14. The molecule has 0 spiro atoms. The van der Waals surface area contributed by atoms with Crippen LogP contribution in [0, 0.1) is 0 Å². The molecule has 0 atom stereocenters. The molecule has 5 heterocycles. The van der Waals surface area contributed by atoms with Crippen molar-refractivity contribution in [3.05, 3.63) is 175 Å². The minimum Gasteiger partial charge on any atom is -0.454 e. The third-order valence-corrected chi connectivity index (χ3v) is 13.8. The van der Waals surface area contributed by atoms with Gasteiger partial charge in [-0.1, -0.05) is 151 Å². The molecular formula is C58H45BN2O3. The highest BCUT2D eigenvalue weighted by Gasteiger charge is 2.50. The van der Waals surface area contributed by atoms with Crippen LogP contribution in [0.25, 0.3) is 77.1 Å². The summed E-state index contributed by atoms with van der Waals surface area (Å²) in [4.78, 5) is 4.92. The van der Waals surface area contributed by atoms with Crippen LogP contribution < -0.4 is 20.6 Å². The van der Waals surface area contributed by atoms with Crippen molar-refractivity contribution in [1.82, 2.24) is 0 Å². The SMILES string of the molecule is CC(C)(C)c1ccc(N2B3c4c(cc5c(oc6ccccc65)c4N(c4ccc(C(C)(C)C)cc4-c4ccccc4)c4oc5ccccc5c43)-c3ccc4c(oc5ccccc54)c32)cc1. The first-order valence-corrected chi connectivity index (χ1v) is 22.4. The summed E-state index contributed by atoms with van der Waals surface area (Å²) in [5, 5.41) is 5.38. The van der Waals surface area contributed by atoms with E-state index in [0.717, 1.165) is 117 Å². The van der Waals surface area contributed by atoms with Gasteiger partial charge in [-0.2, -0.15) is 0 Å². The maximum atomic E-state index is 7.33. The van der Waals surface area contributed by atoms with Gasteiger partial charge in [0.2, 0.25) is 5.88 Å². The van der Waals surface area contributed by atoms with Crippen LogP contribution in [0.2, 0.25) is 0 Å². The average Bonchev–Trinajstić information content (AvgIpc) is 4.00. The topological polar surface area (TPSA) is 45.9 Å². The number of hydrogen-bond donors (Lipinski definition) is 0. The van der Waals surface area contributed by atoms with E-state index in [9.17, 15) is 0 Å². The second-order valence-corrected chi connectivity index (χ2v) is 19.7. The number of anilines is 5. The van der Waals surface area contributed by atoms with Crippen LogP contribution in [0.5, 0.6) is 0 Å². The third kappa shape index (κ3) is 5.20. The molecule has 0 saturated carbocycles. The molecule has 0 unspecified atom stereocenters. The summed E-state index contributed by atoms with van der Waals surface area (Å²) in [5.74, 6) is 0.773. The molecule has 0 saturated heterocycles. The molecule has 0 bridgehead atoms. The molecule has 0 aliphatic carbocycles. The van der Waals surface area contributed by atoms with Gasteiger partial charge in [-0.25, -0.2) is 0 Å². The molecule has 0 fully saturated rings. The van der Waals surface area contributed by atoms with Crippen LogP contribution in [0.1, 0.15) is 52.7 Å². The van der Waals surface area contributed by atoms with Gasteiger partial charge in [0.1, 0.15) is 16.7 Å². The highest BCUT2D eigenvalue weighted by molar-refractivity contribution is 6.95. The van der Waals surface area contributed by atoms with Gasteiger partial charge in [-0.05, 0) is 93.1 Å². The molecule has 2 aliphatic heterocycles. The van der Waals surface area contributed by atoms with Crippen LogP contribution in [-0.4, -0.2) is 6.85 Å². The first-order valence-electron chi connectivity index (χ1n) is 22.4. The number of furan rings is 3. The second-order valence-electron chi connectivity index (χ2n) is 19.7. The van der Waals surface area contributed by atoms with E-state index in [1.54, 1.807) is 0 Å². The second kappa shape index (κ2) is 13.1. The molecule has 5 nitrogen and oxygen atoms in total. The van der Waals surface area contributed by atoms with Gasteiger partial charge < -0.3 is 18.1 Å². The van der Waals surface area contributed by atoms with Crippen molar-refractivity contribution in [2.45, 2.75) is 52.4 Å². The van der Waals surface area contributed by atoms with Crippen molar-refractivity contribution in [2.24, 2.45) is 0 Å². The molecule has 13 rings (SSSR count). The Bertz CT molecular complexity index is 3710. The maximum Gasteiger partial charge on any atom is 0.337 e. The average molecular weight is 829 g/mol. The van der Waals surface area contributed by atoms with Crippen LogP contribution in [0.15, 0.2) is 177 Å². The summed E-state index contributed by atoms with van der Waals surface area (Å²) in [6, 6.07) is 59.2. The first kappa shape index (κ1) is 37.1. The number of benzene rings is 8. The minimum absolute atomic E-state index is 0.0186. The van der Waals surface area contributed by atoms with Gasteiger partial charge in [0.05, 0.1) is 17.1 Å². The Kier molecular flexibility index (Phi) is 7.58. The summed E-state index contributed by atoms with van der Waals surface area (Å²) < 4.78 is 21.5. The summed E-state index contributed by atoms with van der Waals surface area (Å²) in [5.41, 5.74) is 17.5. The zero-order valence-electron chi connectivity index (χ0n) is 36.8. The Morgan fingerprint density at radius 1 is 0.422 bits per heavy atom. The normalized spacial score (nSPS) is 13.7. The van der Waals surface area contributed by atoms with E-state index < -0.39 is 0 Å². The smallest absolute Gasteiger partial charge is 0.337 e. The van der Waals surface area contributed by atoms with Gasteiger partial charge in [-0.15, -0.1) is 0 Å². The fourth-order valence-electron chi connectivity index (χ4n) is 10.6. The summed E-state index contributed by atoms with van der Waals surface area (Å²) >= 11 is 0. The Labute approximate surface area is 372 Å². The predicted octanol–water partition coefficient (Wildman–Crippen LogP) is 15.2. The molecule has 308 valence electrons. The lowest BCUT2D eigenvalue weighted by Gasteiger charge is -2.44. The number of nitrogens with zero attached hydrogens (tertiary/aromatic N) is 2. The van der Waals surface area contributed by atoms with Crippen LogP contribution >= 0.6 is 0 Å². The van der Waals surface area contributed by atoms with Crippen molar-refractivity contribution >= 4 is 101 Å². The monoisotopic (exact) mass is 828 g/mol. The lowest BCUT2D eigenvalue weighted by molar-refractivity contribution is 0.590. The van der Waals surface area contributed by atoms with Gasteiger partial charge in [0.25, 0.3) is 0 Å². The minimum atomic E-state index is -0.335. The molecule has 2 aliphatic rings. The standard InChI is InChI=1S/C58H45BN2O3/c1-57(2,3)35-24-27-37(28-25-35)61-52-40(29-30-41-38-18-10-13-21-47(38)62-54(41)52)44-33-45-39-19-11-14-22-48(39)63-55(45)53-50(44)59(61)51-42-20-12-15-23-49(42)64-56(51)60(53)46-31-26-36(58(4,5)6)32-43(46)34-16-8-7-9-17-34/h7-33H,1-6H3. The first-order chi connectivity index (χ1) is 31.0. The molecular weight excluding hydrogens is 783 g/mol. The summed E-state index contributed by atoms with van der Waals surface area (Å²) in [6.07, 6.45) is 0. The van der Waals surface area contributed by atoms with Gasteiger partial charge in [0.15, 0.2) is 11.2 Å². The van der Waals surface area contributed by atoms with E-state index in [1.165, 1.54) is 11.1 Å². The van der Waals surface area contributed by atoms with E-state index >= 15 is 0 Å². The zero-order chi connectivity index (χ0) is 43.2. The largest absolute Gasteiger partial charge is 0.454 e. The molecule has 8 aromatic carbocycles. The Balaban J connectivity index is 1.23. The lowest BCUT2D eigenvalue weighted by Crippen LogP contribution is -2.61. The predicted molar refractivity (Wildman–Crippen MR) is 267 cm³/mol. The van der Waals surface area contributed by atoms with Crippen molar-refractivity contribution in [3.63, 3.8) is 0 Å². The number of rotatable bonds is 3. The fraction of sp³-hybridized carbons (Fsp3) is 0.138. The Hall–Kier alpha value is -7.44. The fourth-order valence-corrected chi connectivity index (χ4v) is 10.6. The molecule has 64 heavy (non-hydrogen) atoms. The van der Waals surface area contributed by atoms with E-state index in [4.69, 9.17) is 13.3 Å². The molecule has 3 aromatic heterocycles. The number of hydrogen-bond acceptors (Lipinski definition) is 5. The van der Waals surface area contributed by atoms with Crippen LogP contribution in [-0.2, 0) is 10.8 Å². The van der Waals surface area contributed by atoms with E-state index in [0.29, 0.717) is 0 Å². The van der Waals surface area contributed by atoms with Crippen molar-refractivity contribution in [3.8, 4) is 22.3 Å². The van der Waals surface area contributed by atoms with E-state index in [2.05, 4.69) is 215 Å².